The number of hydrogen-bond acceptors (Lipinski definition) is 3. The molecule has 1 aromatic rings. The Morgan fingerprint density at radius 3 is 2.92 bits per heavy atom. The molecular weight excluding hydrogens is 312 g/mol. The van der Waals surface area contributed by atoms with Gasteiger partial charge in [0.2, 0.25) is 5.91 Å². The molecule has 25 heavy (non-hydrogen) atoms. The Hall–Kier alpha value is -1.39. The van der Waals surface area contributed by atoms with E-state index in [1.54, 1.807) is 0 Å². The minimum atomic E-state index is -0.0380. The molecule has 4 rings (SSSR count). The first-order chi connectivity index (χ1) is 12.0. The molecule has 4 nitrogen and oxygen atoms in total. The Morgan fingerprint density at radius 1 is 1.36 bits per heavy atom. The van der Waals surface area contributed by atoms with E-state index in [0.717, 1.165) is 32.5 Å². The van der Waals surface area contributed by atoms with E-state index < -0.39 is 0 Å². The van der Waals surface area contributed by atoms with Crippen molar-refractivity contribution in [1.82, 2.24) is 9.80 Å². The minimum absolute atomic E-state index is 0.0380. The molecule has 1 amide bonds. The summed E-state index contributed by atoms with van der Waals surface area (Å²) in [5, 5.41) is 0. The highest BCUT2D eigenvalue weighted by Gasteiger charge is 2.63. The lowest BCUT2D eigenvalue weighted by Crippen LogP contribution is -2.40. The molecule has 0 aromatic heterocycles. The van der Waals surface area contributed by atoms with Crippen LogP contribution in [0.25, 0.3) is 0 Å². The predicted molar refractivity (Wildman–Crippen MR) is 98.5 cm³/mol. The summed E-state index contributed by atoms with van der Waals surface area (Å²) in [6, 6.07) is 8.37. The fourth-order valence-electron chi connectivity index (χ4n) is 5.34. The van der Waals surface area contributed by atoms with Crippen molar-refractivity contribution in [3.8, 4) is 0 Å². The average Bonchev–Trinajstić information content (AvgIpc) is 3.23. The molecule has 136 valence electrons. The van der Waals surface area contributed by atoms with Gasteiger partial charge >= 0.3 is 0 Å². The Morgan fingerprint density at radius 2 is 2.16 bits per heavy atom. The van der Waals surface area contributed by atoms with Crippen molar-refractivity contribution in [3.63, 3.8) is 0 Å². The zero-order valence-corrected chi connectivity index (χ0v) is 15.7. The number of likely N-dealkylation sites (tertiary alicyclic amines) is 1. The Balaban J connectivity index is 1.40. The van der Waals surface area contributed by atoms with Gasteiger partial charge in [0.1, 0.15) is 0 Å². The lowest BCUT2D eigenvalue weighted by atomic mass is 9.73. The van der Waals surface area contributed by atoms with Crippen LogP contribution in [0, 0.1) is 18.8 Å². The molecule has 0 N–H and O–H groups in total. The Bertz CT molecular complexity index is 659. The maximum absolute atomic E-state index is 12.8. The van der Waals surface area contributed by atoms with E-state index in [1.165, 1.54) is 17.5 Å². The molecule has 4 atom stereocenters. The standard InChI is InChI=1S/C21H30N2O2/c1-15-6-4-5-7-16(15)8-9-20(24)23-13-18-17(12-22(2)3)19-10-11-21(18,14-23)25-19/h4-7,17-19H,8-14H2,1-3H3/t17-,18+,19+,21+/m0/s1. The van der Waals surface area contributed by atoms with Crippen molar-refractivity contribution in [2.24, 2.45) is 11.8 Å². The highest BCUT2D eigenvalue weighted by molar-refractivity contribution is 5.77. The van der Waals surface area contributed by atoms with Gasteiger partial charge in [-0.3, -0.25) is 4.79 Å². The van der Waals surface area contributed by atoms with Gasteiger partial charge in [-0.2, -0.15) is 0 Å². The van der Waals surface area contributed by atoms with E-state index in [2.05, 4.69) is 55.1 Å². The summed E-state index contributed by atoms with van der Waals surface area (Å²) >= 11 is 0. The van der Waals surface area contributed by atoms with Gasteiger partial charge in [-0.1, -0.05) is 24.3 Å². The van der Waals surface area contributed by atoms with Crippen molar-refractivity contribution < 1.29 is 9.53 Å². The first-order valence-corrected chi connectivity index (χ1v) is 9.63. The summed E-state index contributed by atoms with van der Waals surface area (Å²) < 4.78 is 6.44. The quantitative estimate of drug-likeness (QED) is 0.824. The normalized spacial score (nSPS) is 33.3. The Kier molecular flexibility index (Phi) is 4.37. The zero-order chi connectivity index (χ0) is 17.6. The number of amides is 1. The maximum Gasteiger partial charge on any atom is 0.223 e. The van der Waals surface area contributed by atoms with Crippen molar-refractivity contribution in [2.75, 3.05) is 33.7 Å². The molecule has 3 fully saturated rings. The number of hydrogen-bond donors (Lipinski definition) is 0. The maximum atomic E-state index is 12.8. The van der Waals surface area contributed by atoms with E-state index in [0.29, 0.717) is 30.3 Å². The number of carbonyl (C=O) groups excluding carboxylic acids is 1. The fourth-order valence-corrected chi connectivity index (χ4v) is 5.34. The second-order valence-corrected chi connectivity index (χ2v) is 8.49. The van der Waals surface area contributed by atoms with Gasteiger partial charge in [-0.15, -0.1) is 0 Å². The van der Waals surface area contributed by atoms with Gasteiger partial charge in [0, 0.05) is 31.3 Å². The monoisotopic (exact) mass is 342 g/mol. The summed E-state index contributed by atoms with van der Waals surface area (Å²) in [6.07, 6.45) is 4.16. The van der Waals surface area contributed by atoms with Crippen LogP contribution in [0.5, 0.6) is 0 Å². The molecule has 0 unspecified atom stereocenters. The van der Waals surface area contributed by atoms with Crippen LogP contribution in [0.15, 0.2) is 24.3 Å². The third-order valence-corrected chi connectivity index (χ3v) is 6.58. The lowest BCUT2D eigenvalue weighted by molar-refractivity contribution is -0.131. The minimum Gasteiger partial charge on any atom is -0.369 e. The highest BCUT2D eigenvalue weighted by atomic mass is 16.5. The van der Waals surface area contributed by atoms with Crippen molar-refractivity contribution in [1.29, 1.82) is 0 Å². The zero-order valence-electron chi connectivity index (χ0n) is 15.7. The van der Waals surface area contributed by atoms with Gasteiger partial charge in [-0.05, 0) is 51.4 Å². The molecule has 0 radical (unpaired) electrons. The summed E-state index contributed by atoms with van der Waals surface area (Å²) in [4.78, 5) is 17.2. The molecule has 4 heteroatoms. The summed E-state index contributed by atoms with van der Waals surface area (Å²) in [6.45, 7) is 4.89. The van der Waals surface area contributed by atoms with Crippen LogP contribution < -0.4 is 0 Å². The van der Waals surface area contributed by atoms with Crippen molar-refractivity contribution in [3.05, 3.63) is 35.4 Å². The van der Waals surface area contributed by atoms with Gasteiger partial charge in [0.15, 0.2) is 0 Å². The number of carbonyl (C=O) groups is 1. The topological polar surface area (TPSA) is 32.8 Å². The smallest absolute Gasteiger partial charge is 0.223 e. The number of nitrogens with zero attached hydrogens (tertiary/aromatic N) is 2. The second-order valence-electron chi connectivity index (χ2n) is 8.49. The molecule has 3 heterocycles. The van der Waals surface area contributed by atoms with Crippen LogP contribution in [0.1, 0.15) is 30.4 Å². The molecule has 0 aliphatic carbocycles. The number of fused-ring (bicyclic) bond motifs is 1. The average molecular weight is 342 g/mol. The molecule has 0 saturated carbocycles. The first-order valence-electron chi connectivity index (χ1n) is 9.63. The third kappa shape index (κ3) is 3.00. The summed E-state index contributed by atoms with van der Waals surface area (Å²) in [5.41, 5.74) is 2.53. The van der Waals surface area contributed by atoms with Crippen LogP contribution in [0.2, 0.25) is 0 Å². The largest absolute Gasteiger partial charge is 0.369 e. The van der Waals surface area contributed by atoms with Gasteiger partial charge in [-0.25, -0.2) is 0 Å². The molecule has 1 spiro atoms. The van der Waals surface area contributed by atoms with Crippen molar-refractivity contribution >= 4 is 5.91 Å². The van der Waals surface area contributed by atoms with Gasteiger partial charge in [0.25, 0.3) is 0 Å². The van der Waals surface area contributed by atoms with Crippen LogP contribution in [0.3, 0.4) is 0 Å². The molecule has 3 aliphatic heterocycles. The summed E-state index contributed by atoms with van der Waals surface area (Å²) in [5.74, 6) is 1.40. The number of benzene rings is 1. The first kappa shape index (κ1) is 17.0. The van der Waals surface area contributed by atoms with E-state index in [9.17, 15) is 4.79 Å². The molecule has 3 aliphatic rings. The Labute approximate surface area is 151 Å². The summed E-state index contributed by atoms with van der Waals surface area (Å²) in [7, 11) is 4.28. The van der Waals surface area contributed by atoms with E-state index in [1.807, 2.05) is 0 Å². The van der Waals surface area contributed by atoms with Crippen LogP contribution in [-0.4, -0.2) is 61.1 Å². The van der Waals surface area contributed by atoms with E-state index in [-0.39, 0.29) is 5.60 Å². The predicted octanol–water partition coefficient (Wildman–Crippen LogP) is 2.50. The van der Waals surface area contributed by atoms with E-state index in [4.69, 9.17) is 4.74 Å². The van der Waals surface area contributed by atoms with Crippen LogP contribution >= 0.6 is 0 Å². The molecular formula is C21H30N2O2. The number of ether oxygens (including phenoxy) is 1. The molecule has 2 bridgehead atoms. The van der Waals surface area contributed by atoms with Crippen LogP contribution in [-0.2, 0) is 16.0 Å². The lowest BCUT2D eigenvalue weighted by Gasteiger charge is -2.30. The molecule has 3 saturated heterocycles. The number of aryl methyl sites for hydroxylation is 2. The highest BCUT2D eigenvalue weighted by Crippen LogP contribution is 2.54. The number of rotatable bonds is 5. The SMILES string of the molecule is Cc1ccccc1CCC(=O)N1C[C@@H]2[C@H](CN(C)C)[C@H]3CC[C@]2(C1)O3. The second kappa shape index (κ2) is 6.40. The van der Waals surface area contributed by atoms with Crippen molar-refractivity contribution in [2.45, 2.75) is 44.3 Å². The van der Waals surface area contributed by atoms with E-state index >= 15 is 0 Å². The fraction of sp³-hybridized carbons (Fsp3) is 0.667. The third-order valence-electron chi connectivity index (χ3n) is 6.58. The molecule has 1 aromatic carbocycles. The van der Waals surface area contributed by atoms with Gasteiger partial charge < -0.3 is 14.5 Å². The van der Waals surface area contributed by atoms with Crippen LogP contribution in [0.4, 0.5) is 0 Å². The van der Waals surface area contributed by atoms with Gasteiger partial charge in [0.05, 0.1) is 18.2 Å².